The SMILES string of the molecule is [B]C(=O)C[C-]=NC[CH2-].[Y]. The first kappa shape index (κ1) is 12.2. The molecule has 9 heavy (non-hydrogen) atoms. The van der Waals surface area contributed by atoms with Crippen LogP contribution in [0.15, 0.2) is 4.99 Å². The molecule has 45 valence electrons. The smallest absolute Gasteiger partial charge is 0.164 e. The quantitative estimate of drug-likeness (QED) is 0.350. The third-order valence-electron chi connectivity index (χ3n) is 0.477. The van der Waals surface area contributed by atoms with Gasteiger partial charge in [-0.15, -0.1) is 13.0 Å². The minimum atomic E-state index is -0.415. The van der Waals surface area contributed by atoms with E-state index in [0.717, 1.165) is 0 Å². The van der Waals surface area contributed by atoms with E-state index in [2.05, 4.69) is 18.1 Å². The predicted octanol–water partition coefficient (Wildman–Crippen LogP) is -0.149. The number of aliphatic imine (C=N–C) groups is 1. The van der Waals surface area contributed by atoms with Gasteiger partial charge in [0.2, 0.25) is 0 Å². The minimum Gasteiger partial charge on any atom is -0.533 e. The third-order valence-corrected chi connectivity index (χ3v) is 0.477. The molecule has 0 heterocycles. The Kier molecular flexibility index (Phi) is 11.5. The molecule has 4 heteroatoms. The maximum Gasteiger partial charge on any atom is 0.164 e. The molecule has 0 aromatic carbocycles. The Morgan fingerprint density at radius 2 is 2.33 bits per heavy atom. The van der Waals surface area contributed by atoms with Crippen LogP contribution in [0.3, 0.4) is 0 Å². The van der Waals surface area contributed by atoms with Crippen molar-refractivity contribution in [3.63, 3.8) is 0 Å². The van der Waals surface area contributed by atoms with E-state index in [4.69, 9.17) is 7.85 Å². The van der Waals surface area contributed by atoms with Crippen molar-refractivity contribution in [1.82, 2.24) is 0 Å². The van der Waals surface area contributed by atoms with Gasteiger partial charge in [0, 0.05) is 38.4 Å². The second-order valence-electron chi connectivity index (χ2n) is 1.18. The van der Waals surface area contributed by atoms with E-state index in [1.165, 1.54) is 0 Å². The van der Waals surface area contributed by atoms with Gasteiger partial charge in [-0.2, -0.15) is 0 Å². The van der Waals surface area contributed by atoms with Crippen molar-refractivity contribution >= 4 is 19.7 Å². The summed E-state index contributed by atoms with van der Waals surface area (Å²) in [6, 6.07) is 0. The van der Waals surface area contributed by atoms with Crippen LogP contribution in [0.25, 0.3) is 0 Å². The molecular formula is C5H6BNOY-2. The molecule has 0 aliphatic rings. The van der Waals surface area contributed by atoms with Crippen LogP contribution in [0.5, 0.6) is 0 Å². The van der Waals surface area contributed by atoms with E-state index in [1.807, 2.05) is 0 Å². The van der Waals surface area contributed by atoms with E-state index in [1.54, 1.807) is 0 Å². The van der Waals surface area contributed by atoms with E-state index < -0.39 is 5.68 Å². The van der Waals surface area contributed by atoms with E-state index in [9.17, 15) is 4.79 Å². The van der Waals surface area contributed by atoms with Gasteiger partial charge in [-0.1, -0.05) is 0 Å². The molecule has 0 fully saturated rings. The Bertz CT molecular complexity index is 105. The molecule has 0 rings (SSSR count). The summed E-state index contributed by atoms with van der Waals surface area (Å²) >= 11 is 0. The van der Waals surface area contributed by atoms with Crippen LogP contribution in [-0.4, -0.2) is 26.3 Å². The Labute approximate surface area is 81.8 Å². The van der Waals surface area contributed by atoms with Crippen molar-refractivity contribution in [2.45, 2.75) is 6.42 Å². The van der Waals surface area contributed by atoms with Gasteiger partial charge in [-0.05, 0) is 0 Å². The molecule has 0 aliphatic carbocycles. The molecule has 0 spiro atoms. The van der Waals surface area contributed by atoms with Crippen molar-refractivity contribution in [2.24, 2.45) is 4.99 Å². The zero-order valence-electron chi connectivity index (χ0n) is 5.13. The van der Waals surface area contributed by atoms with E-state index >= 15 is 0 Å². The molecule has 0 atom stereocenters. The Morgan fingerprint density at radius 3 is 2.67 bits per heavy atom. The maximum absolute atomic E-state index is 9.95. The number of rotatable bonds is 3. The number of hydrogen-bond donors (Lipinski definition) is 0. The molecule has 0 N–H and O–H groups in total. The van der Waals surface area contributed by atoms with Gasteiger partial charge in [0.15, 0.2) is 7.85 Å². The summed E-state index contributed by atoms with van der Waals surface area (Å²) < 4.78 is 0. The normalized spacial score (nSPS) is 9.00. The van der Waals surface area contributed by atoms with Crippen LogP contribution in [0.1, 0.15) is 6.42 Å². The molecule has 2 nitrogen and oxygen atoms in total. The predicted molar refractivity (Wildman–Crippen MR) is 33.0 cm³/mol. The van der Waals surface area contributed by atoms with Gasteiger partial charge in [0.25, 0.3) is 0 Å². The topological polar surface area (TPSA) is 29.4 Å². The zero-order valence-corrected chi connectivity index (χ0v) is 7.97. The van der Waals surface area contributed by atoms with Gasteiger partial charge in [-0.25, -0.2) is 0 Å². The Hall–Kier alpha value is 0.509. The third kappa shape index (κ3) is 11.9. The Morgan fingerprint density at radius 1 is 1.78 bits per heavy atom. The molecule has 3 radical (unpaired) electrons. The maximum atomic E-state index is 9.95. The summed E-state index contributed by atoms with van der Waals surface area (Å²) in [6.07, 6.45) is 2.52. The first-order valence-electron chi connectivity index (χ1n) is 2.24. The molecule has 0 unspecified atom stereocenters. The zero-order chi connectivity index (χ0) is 6.41. The van der Waals surface area contributed by atoms with Gasteiger partial charge in [-0.3, -0.25) is 0 Å². The summed E-state index contributed by atoms with van der Waals surface area (Å²) in [4.78, 5) is 13.5. The largest absolute Gasteiger partial charge is 0.533 e. The molecule has 0 bridgehead atoms. The van der Waals surface area contributed by atoms with E-state index in [0.29, 0.717) is 6.54 Å². The van der Waals surface area contributed by atoms with Gasteiger partial charge >= 0.3 is 0 Å². The van der Waals surface area contributed by atoms with Gasteiger partial charge < -0.3 is 22.9 Å². The molecule has 0 amide bonds. The van der Waals surface area contributed by atoms with Crippen molar-refractivity contribution in [3.8, 4) is 0 Å². The summed E-state index contributed by atoms with van der Waals surface area (Å²) in [5, 5.41) is 0. The fourth-order valence-electron chi connectivity index (χ4n) is 0.213. The number of carbonyl (C=O) groups excluding carboxylic acids is 1. The molecule has 0 aromatic heterocycles. The molecule has 0 aliphatic heterocycles. The molecular weight excluding hydrogens is 190 g/mol. The number of carbonyl (C=O) groups is 1. The van der Waals surface area contributed by atoms with Crippen molar-refractivity contribution in [3.05, 3.63) is 6.92 Å². The second kappa shape index (κ2) is 8.51. The number of hydrogen-bond acceptors (Lipinski definition) is 2. The molecule has 0 saturated heterocycles. The fourth-order valence-corrected chi connectivity index (χ4v) is 0.213. The van der Waals surface area contributed by atoms with Crippen LogP contribution < -0.4 is 0 Å². The van der Waals surface area contributed by atoms with Crippen LogP contribution in [0.2, 0.25) is 0 Å². The van der Waals surface area contributed by atoms with Crippen molar-refractivity contribution < 1.29 is 37.5 Å². The summed E-state index contributed by atoms with van der Waals surface area (Å²) in [7, 11) is 4.75. The van der Waals surface area contributed by atoms with Gasteiger partial charge in [0.05, 0.1) is 0 Å². The summed E-state index contributed by atoms with van der Waals surface area (Å²) in [6.45, 7) is 3.81. The van der Waals surface area contributed by atoms with Crippen LogP contribution in [0, 0.1) is 6.92 Å². The van der Waals surface area contributed by atoms with Gasteiger partial charge in [0.1, 0.15) is 0 Å². The fraction of sp³-hybridized carbons (Fsp3) is 0.400. The standard InChI is InChI=1S/C5H6BNO.Y/c1-2-7-4-3-5(6)8;/h1-3H2;/q-2;. The minimum absolute atomic E-state index is 0. The first-order valence-corrected chi connectivity index (χ1v) is 2.24. The molecule has 0 aromatic rings. The monoisotopic (exact) mass is 196 g/mol. The second-order valence-corrected chi connectivity index (χ2v) is 1.18. The summed E-state index contributed by atoms with van der Waals surface area (Å²) in [5.41, 5.74) is -0.415. The van der Waals surface area contributed by atoms with Crippen LogP contribution in [-0.2, 0) is 37.5 Å². The number of nitrogens with zero attached hydrogens (tertiary/aromatic N) is 1. The average Bonchev–Trinajstić information content (AvgIpc) is 1.66. The first-order chi connectivity index (χ1) is 3.77. The average molecular weight is 196 g/mol. The summed E-state index contributed by atoms with van der Waals surface area (Å²) in [5.74, 6) is 0. The van der Waals surface area contributed by atoms with E-state index in [-0.39, 0.29) is 39.1 Å². The molecule has 0 saturated carbocycles. The van der Waals surface area contributed by atoms with Crippen molar-refractivity contribution in [2.75, 3.05) is 6.54 Å². The van der Waals surface area contributed by atoms with Crippen molar-refractivity contribution in [1.29, 1.82) is 0 Å². The van der Waals surface area contributed by atoms with Crippen LogP contribution >= 0.6 is 0 Å². The Balaban J connectivity index is 0. The van der Waals surface area contributed by atoms with Crippen LogP contribution in [0.4, 0.5) is 0 Å².